The molecule has 31 heavy (non-hydrogen) atoms. The van der Waals surface area contributed by atoms with E-state index >= 15 is 0 Å². The molecule has 0 radical (unpaired) electrons. The number of ether oxygens (including phenoxy) is 1. The second-order valence-electron chi connectivity index (χ2n) is 6.81. The largest absolute Gasteiger partial charge is 0.489 e. The molecule has 0 atom stereocenters. The van der Waals surface area contributed by atoms with Crippen molar-refractivity contribution in [2.45, 2.75) is 6.61 Å². The van der Waals surface area contributed by atoms with Gasteiger partial charge in [0.05, 0.1) is 0 Å². The summed E-state index contributed by atoms with van der Waals surface area (Å²) in [6.45, 7) is 0.364. The lowest BCUT2D eigenvalue weighted by Crippen LogP contribution is -2.41. The number of anilines is 1. The van der Waals surface area contributed by atoms with Crippen LogP contribution in [0.4, 0.5) is 5.82 Å². The van der Waals surface area contributed by atoms with Crippen LogP contribution in [-0.2, 0) is 20.7 Å². The summed E-state index contributed by atoms with van der Waals surface area (Å²) in [5, 5.41) is 9.53. The minimum atomic E-state index is -0.855. The number of nitrogen functional groups attached to an aromatic ring is 1. The lowest BCUT2D eigenvalue weighted by molar-refractivity contribution is 0.103. The van der Waals surface area contributed by atoms with Gasteiger partial charge in [-0.1, -0.05) is 42.5 Å². The van der Waals surface area contributed by atoms with Crippen LogP contribution in [0.1, 0.15) is 21.5 Å². The maximum absolute atomic E-state index is 12.9. The minimum Gasteiger partial charge on any atom is -0.489 e. The normalized spacial score (nSPS) is 11.1. The fourth-order valence-corrected chi connectivity index (χ4v) is 2.96. The van der Waals surface area contributed by atoms with E-state index in [9.17, 15) is 19.6 Å². The number of carbonyl (C=O) groups is 1. The van der Waals surface area contributed by atoms with Crippen LogP contribution in [-0.4, -0.2) is 14.9 Å². The first-order valence-electron chi connectivity index (χ1n) is 9.32. The van der Waals surface area contributed by atoms with E-state index < -0.39 is 22.6 Å². The molecular weight excluding hydrogens is 396 g/mol. The summed E-state index contributed by atoms with van der Waals surface area (Å²) in [6, 6.07) is 18.3. The number of aromatic nitrogens is 2. The maximum atomic E-state index is 12.9. The molecule has 156 valence electrons. The highest BCUT2D eigenvalue weighted by atomic mass is 16.5. The number of allylic oxidation sites excluding steroid dienone is 1. The Hall–Kier alpha value is -4.38. The molecule has 0 unspecified atom stereocenters. The molecule has 1 heterocycles. The summed E-state index contributed by atoms with van der Waals surface area (Å²) in [6.07, 6.45) is 1.35. The van der Waals surface area contributed by atoms with Gasteiger partial charge < -0.3 is 10.5 Å². The first-order chi connectivity index (χ1) is 14.8. The van der Waals surface area contributed by atoms with E-state index in [0.717, 1.165) is 14.7 Å². The van der Waals surface area contributed by atoms with Gasteiger partial charge in [0.2, 0.25) is 5.78 Å². The van der Waals surface area contributed by atoms with E-state index in [-0.39, 0.29) is 11.4 Å². The predicted octanol–water partition coefficient (Wildman–Crippen LogP) is 2.04. The number of benzene rings is 2. The van der Waals surface area contributed by atoms with Gasteiger partial charge in [0, 0.05) is 14.1 Å². The molecule has 0 aliphatic rings. The van der Waals surface area contributed by atoms with Gasteiger partial charge in [-0.25, -0.2) is 4.79 Å². The molecular formula is C23H20N4O4. The molecule has 8 heteroatoms. The van der Waals surface area contributed by atoms with Crippen molar-refractivity contribution in [2.24, 2.45) is 14.1 Å². The Kier molecular flexibility index (Phi) is 6.17. The second kappa shape index (κ2) is 8.97. The van der Waals surface area contributed by atoms with Crippen molar-refractivity contribution >= 4 is 17.7 Å². The van der Waals surface area contributed by atoms with E-state index in [1.54, 1.807) is 24.3 Å². The first kappa shape index (κ1) is 21.3. The van der Waals surface area contributed by atoms with Crippen molar-refractivity contribution in [3.05, 3.63) is 97.7 Å². The summed E-state index contributed by atoms with van der Waals surface area (Å²) in [4.78, 5) is 37.3. The molecule has 0 bridgehead atoms. The Morgan fingerprint density at radius 1 is 1.10 bits per heavy atom. The summed E-state index contributed by atoms with van der Waals surface area (Å²) < 4.78 is 7.53. The molecule has 2 N–H and O–H groups in total. The average Bonchev–Trinajstić information content (AvgIpc) is 2.79. The van der Waals surface area contributed by atoms with Crippen LogP contribution in [0.15, 0.2) is 69.8 Å². The Morgan fingerprint density at radius 3 is 2.48 bits per heavy atom. The SMILES string of the molecule is Cn1c(N)c(C(=O)/C(C#N)=C/c2cccc(OCc3ccccc3)c2)c(=O)n(C)c1=O. The number of hydrogen-bond acceptors (Lipinski definition) is 6. The summed E-state index contributed by atoms with van der Waals surface area (Å²) in [7, 11) is 2.58. The molecule has 2 aromatic carbocycles. The number of nitrogens with two attached hydrogens (primary N) is 1. The number of carbonyl (C=O) groups excluding carboxylic acids is 1. The van der Waals surface area contributed by atoms with Crippen LogP contribution in [0.5, 0.6) is 5.75 Å². The van der Waals surface area contributed by atoms with Crippen molar-refractivity contribution in [2.75, 3.05) is 5.73 Å². The van der Waals surface area contributed by atoms with Gasteiger partial charge in [-0.2, -0.15) is 5.26 Å². The van der Waals surface area contributed by atoms with Crippen LogP contribution >= 0.6 is 0 Å². The van der Waals surface area contributed by atoms with E-state index in [1.165, 1.54) is 20.2 Å². The third kappa shape index (κ3) is 4.46. The predicted molar refractivity (Wildman–Crippen MR) is 116 cm³/mol. The molecule has 0 fully saturated rings. The highest BCUT2D eigenvalue weighted by Gasteiger charge is 2.23. The van der Waals surface area contributed by atoms with Gasteiger partial charge in [0.1, 0.15) is 35.4 Å². The van der Waals surface area contributed by atoms with Crippen molar-refractivity contribution in [1.82, 2.24) is 9.13 Å². The highest BCUT2D eigenvalue weighted by Crippen LogP contribution is 2.19. The van der Waals surface area contributed by atoms with E-state index in [0.29, 0.717) is 17.9 Å². The third-order valence-electron chi connectivity index (χ3n) is 4.72. The molecule has 3 rings (SSSR count). The number of nitrogens with zero attached hydrogens (tertiary/aromatic N) is 3. The number of nitriles is 1. The van der Waals surface area contributed by atoms with Gasteiger partial charge in [-0.3, -0.25) is 18.7 Å². The minimum absolute atomic E-state index is 0.289. The smallest absolute Gasteiger partial charge is 0.332 e. The Labute approximate surface area is 178 Å². The van der Waals surface area contributed by atoms with E-state index in [4.69, 9.17) is 10.5 Å². The quantitative estimate of drug-likeness (QED) is 0.373. The van der Waals surface area contributed by atoms with Crippen molar-refractivity contribution in [1.29, 1.82) is 5.26 Å². The van der Waals surface area contributed by atoms with Gasteiger partial charge in [0.15, 0.2) is 0 Å². The zero-order valence-electron chi connectivity index (χ0n) is 17.0. The Balaban J connectivity index is 1.93. The number of Topliss-reactive ketones (excluding diaryl/α,β-unsaturated/α-hetero) is 1. The average molecular weight is 416 g/mol. The van der Waals surface area contributed by atoms with Crippen LogP contribution < -0.4 is 21.7 Å². The van der Waals surface area contributed by atoms with Gasteiger partial charge in [0.25, 0.3) is 5.56 Å². The summed E-state index contributed by atoms with van der Waals surface area (Å²) in [5.41, 5.74) is 5.14. The fourth-order valence-electron chi connectivity index (χ4n) is 2.96. The van der Waals surface area contributed by atoms with Crippen LogP contribution in [0.2, 0.25) is 0 Å². The summed E-state index contributed by atoms with van der Waals surface area (Å²) >= 11 is 0. The van der Waals surface area contributed by atoms with Gasteiger partial charge in [-0.05, 0) is 29.3 Å². The standard InChI is InChI=1S/C23H20N4O4/c1-26-21(25)19(22(29)27(2)23(26)30)20(28)17(13-24)11-16-9-6-10-18(12-16)31-14-15-7-4-3-5-8-15/h3-12H,14,25H2,1-2H3/b17-11+. The molecule has 0 saturated heterocycles. The maximum Gasteiger partial charge on any atom is 0.332 e. The van der Waals surface area contributed by atoms with Crippen molar-refractivity contribution in [3.63, 3.8) is 0 Å². The van der Waals surface area contributed by atoms with Gasteiger partial charge >= 0.3 is 5.69 Å². The van der Waals surface area contributed by atoms with Crippen LogP contribution in [0.3, 0.4) is 0 Å². The molecule has 0 aliphatic carbocycles. The first-order valence-corrected chi connectivity index (χ1v) is 9.32. The number of hydrogen-bond donors (Lipinski definition) is 1. The van der Waals surface area contributed by atoms with Crippen molar-refractivity contribution < 1.29 is 9.53 Å². The lowest BCUT2D eigenvalue weighted by atomic mass is 10.0. The molecule has 1 aromatic heterocycles. The van der Waals surface area contributed by atoms with Crippen LogP contribution in [0.25, 0.3) is 6.08 Å². The van der Waals surface area contributed by atoms with Crippen molar-refractivity contribution in [3.8, 4) is 11.8 Å². The molecule has 0 spiro atoms. The number of rotatable bonds is 6. The van der Waals surface area contributed by atoms with Gasteiger partial charge in [-0.15, -0.1) is 0 Å². The van der Waals surface area contributed by atoms with E-state index in [2.05, 4.69) is 0 Å². The molecule has 0 aliphatic heterocycles. The fraction of sp³-hybridized carbons (Fsp3) is 0.130. The monoisotopic (exact) mass is 416 g/mol. The summed E-state index contributed by atoms with van der Waals surface area (Å²) in [5.74, 6) is -0.592. The van der Waals surface area contributed by atoms with E-state index in [1.807, 2.05) is 36.4 Å². The topological polar surface area (TPSA) is 120 Å². The van der Waals surface area contributed by atoms with Crippen LogP contribution in [0, 0.1) is 11.3 Å². The lowest BCUT2D eigenvalue weighted by Gasteiger charge is -2.10. The molecule has 0 amide bonds. The molecule has 8 nitrogen and oxygen atoms in total. The third-order valence-corrected chi connectivity index (χ3v) is 4.72. The highest BCUT2D eigenvalue weighted by molar-refractivity contribution is 6.16. The zero-order valence-corrected chi connectivity index (χ0v) is 17.0. The Bertz CT molecular complexity index is 1330. The Morgan fingerprint density at radius 2 is 1.81 bits per heavy atom. The second-order valence-corrected chi connectivity index (χ2v) is 6.81. The zero-order chi connectivity index (χ0) is 22.5. The number of ketones is 1. The molecule has 0 saturated carbocycles. The molecule has 3 aromatic rings.